The van der Waals surface area contributed by atoms with Gasteiger partial charge < -0.3 is 10.6 Å². The van der Waals surface area contributed by atoms with Gasteiger partial charge in [0.15, 0.2) is 0 Å². The van der Waals surface area contributed by atoms with E-state index in [0.717, 1.165) is 19.3 Å². The standard InChI is InChI=1S/C20H31N3O3S/c1-15(14-21)22(2)20(24)17-9-11-23(12-10-17)27(25,26)19-8-7-16-5-3-4-6-18(16)13-19/h7-8,13,15,17H,3-6,9-12,14,21H2,1-2H3. The van der Waals surface area contributed by atoms with Crippen LogP contribution in [0.2, 0.25) is 0 Å². The van der Waals surface area contributed by atoms with Gasteiger partial charge in [0, 0.05) is 38.6 Å². The summed E-state index contributed by atoms with van der Waals surface area (Å²) in [6.45, 7) is 3.13. The van der Waals surface area contributed by atoms with Crippen LogP contribution in [0.15, 0.2) is 23.1 Å². The average Bonchev–Trinajstić information content (AvgIpc) is 2.71. The summed E-state index contributed by atoms with van der Waals surface area (Å²) in [5.74, 6) is -0.0576. The molecule has 27 heavy (non-hydrogen) atoms. The Bertz CT molecular complexity index is 786. The largest absolute Gasteiger partial charge is 0.342 e. The van der Waals surface area contributed by atoms with Crippen molar-refractivity contribution in [1.82, 2.24) is 9.21 Å². The number of hydrogen-bond donors (Lipinski definition) is 1. The second-order valence-electron chi connectivity index (χ2n) is 7.85. The third-order valence-corrected chi connectivity index (χ3v) is 8.01. The number of sulfonamides is 1. The smallest absolute Gasteiger partial charge is 0.243 e. The van der Waals surface area contributed by atoms with E-state index in [1.54, 1.807) is 18.0 Å². The summed E-state index contributed by atoms with van der Waals surface area (Å²) in [6.07, 6.45) is 5.42. The van der Waals surface area contributed by atoms with Gasteiger partial charge in [-0.05, 0) is 68.7 Å². The number of fused-ring (bicyclic) bond motifs is 1. The minimum absolute atomic E-state index is 0.00485. The lowest BCUT2D eigenvalue weighted by Crippen LogP contribution is -2.47. The molecule has 1 unspecified atom stereocenters. The Morgan fingerprint density at radius 3 is 2.48 bits per heavy atom. The van der Waals surface area contributed by atoms with Crippen molar-refractivity contribution in [3.8, 4) is 0 Å². The van der Waals surface area contributed by atoms with Crippen LogP contribution in [-0.2, 0) is 27.7 Å². The number of likely N-dealkylation sites (N-methyl/N-ethyl adjacent to an activating group) is 1. The molecular weight excluding hydrogens is 362 g/mol. The van der Waals surface area contributed by atoms with E-state index in [1.165, 1.54) is 21.9 Å². The lowest BCUT2D eigenvalue weighted by Gasteiger charge is -2.34. The zero-order valence-electron chi connectivity index (χ0n) is 16.4. The fourth-order valence-electron chi connectivity index (χ4n) is 4.03. The van der Waals surface area contributed by atoms with Crippen LogP contribution >= 0.6 is 0 Å². The molecule has 2 N–H and O–H groups in total. The Morgan fingerprint density at radius 2 is 1.85 bits per heavy atom. The third-order valence-electron chi connectivity index (χ3n) is 6.11. The molecule has 0 saturated carbocycles. The number of benzene rings is 1. The number of piperidine rings is 1. The molecule has 1 aliphatic carbocycles. The summed E-state index contributed by atoms with van der Waals surface area (Å²) in [4.78, 5) is 14.7. The van der Waals surface area contributed by atoms with Gasteiger partial charge in [-0.2, -0.15) is 4.31 Å². The highest BCUT2D eigenvalue weighted by molar-refractivity contribution is 7.89. The zero-order valence-corrected chi connectivity index (χ0v) is 17.2. The van der Waals surface area contributed by atoms with Gasteiger partial charge in [0.25, 0.3) is 0 Å². The van der Waals surface area contributed by atoms with Crippen molar-refractivity contribution in [2.24, 2.45) is 11.7 Å². The van der Waals surface area contributed by atoms with E-state index in [4.69, 9.17) is 5.73 Å². The van der Waals surface area contributed by atoms with Crippen LogP contribution < -0.4 is 5.73 Å². The molecule has 1 fully saturated rings. The molecule has 1 atom stereocenters. The number of carbonyl (C=O) groups excluding carboxylic acids is 1. The Hall–Kier alpha value is -1.44. The molecule has 0 bridgehead atoms. The van der Waals surface area contributed by atoms with Gasteiger partial charge in [-0.1, -0.05) is 6.07 Å². The Labute approximate surface area is 162 Å². The van der Waals surface area contributed by atoms with E-state index < -0.39 is 10.0 Å². The lowest BCUT2D eigenvalue weighted by atomic mass is 9.92. The number of hydrogen-bond acceptors (Lipinski definition) is 4. The molecule has 1 aromatic carbocycles. The molecule has 1 amide bonds. The first kappa shape index (κ1) is 20.3. The van der Waals surface area contributed by atoms with Crippen molar-refractivity contribution in [1.29, 1.82) is 0 Å². The van der Waals surface area contributed by atoms with Gasteiger partial charge in [-0.15, -0.1) is 0 Å². The maximum absolute atomic E-state index is 13.1. The number of rotatable bonds is 5. The van der Waals surface area contributed by atoms with Gasteiger partial charge in [-0.25, -0.2) is 8.42 Å². The molecule has 1 aliphatic heterocycles. The van der Waals surface area contributed by atoms with Crippen molar-refractivity contribution in [3.63, 3.8) is 0 Å². The molecule has 1 saturated heterocycles. The van der Waals surface area contributed by atoms with Crippen LogP contribution in [0.25, 0.3) is 0 Å². The molecule has 6 nitrogen and oxygen atoms in total. The van der Waals surface area contributed by atoms with Gasteiger partial charge in [0.2, 0.25) is 15.9 Å². The molecular formula is C20H31N3O3S. The molecule has 2 aliphatic rings. The molecule has 150 valence electrons. The zero-order chi connectivity index (χ0) is 19.6. The average molecular weight is 394 g/mol. The summed E-state index contributed by atoms with van der Waals surface area (Å²) in [5.41, 5.74) is 8.10. The van der Waals surface area contributed by atoms with Crippen LogP contribution in [0.1, 0.15) is 43.7 Å². The molecule has 0 spiro atoms. The third kappa shape index (κ3) is 4.20. The number of carbonyl (C=O) groups is 1. The second-order valence-corrected chi connectivity index (χ2v) is 9.79. The minimum Gasteiger partial charge on any atom is -0.342 e. The first-order valence-electron chi connectivity index (χ1n) is 9.93. The fourth-order valence-corrected chi connectivity index (χ4v) is 5.55. The van der Waals surface area contributed by atoms with E-state index in [-0.39, 0.29) is 17.9 Å². The van der Waals surface area contributed by atoms with E-state index in [9.17, 15) is 13.2 Å². The molecule has 1 heterocycles. The molecule has 7 heteroatoms. The fraction of sp³-hybridized carbons (Fsp3) is 0.650. The first-order valence-corrected chi connectivity index (χ1v) is 11.4. The molecule has 1 aromatic rings. The highest BCUT2D eigenvalue weighted by atomic mass is 32.2. The second kappa shape index (κ2) is 8.29. The highest BCUT2D eigenvalue weighted by Crippen LogP contribution is 2.28. The van der Waals surface area contributed by atoms with Crippen molar-refractivity contribution < 1.29 is 13.2 Å². The maximum Gasteiger partial charge on any atom is 0.243 e. The van der Waals surface area contributed by atoms with Gasteiger partial charge in [-0.3, -0.25) is 4.79 Å². The topological polar surface area (TPSA) is 83.7 Å². The van der Waals surface area contributed by atoms with Gasteiger partial charge in [0.05, 0.1) is 4.90 Å². The quantitative estimate of drug-likeness (QED) is 0.826. The SMILES string of the molecule is CC(CN)N(C)C(=O)C1CCN(S(=O)(=O)c2ccc3c(c2)CCCC3)CC1. The Kier molecular flexibility index (Phi) is 6.23. The number of aryl methyl sites for hydroxylation is 2. The highest BCUT2D eigenvalue weighted by Gasteiger charge is 2.34. The summed E-state index contributed by atoms with van der Waals surface area (Å²) in [5, 5.41) is 0. The number of amides is 1. The molecule has 0 radical (unpaired) electrons. The van der Waals surface area contributed by atoms with Crippen molar-refractivity contribution in [3.05, 3.63) is 29.3 Å². The lowest BCUT2D eigenvalue weighted by molar-refractivity contribution is -0.137. The number of nitrogens with two attached hydrogens (primary N) is 1. The van der Waals surface area contributed by atoms with Crippen molar-refractivity contribution in [2.75, 3.05) is 26.7 Å². The maximum atomic E-state index is 13.1. The van der Waals surface area contributed by atoms with E-state index in [0.29, 0.717) is 37.4 Å². The molecule has 0 aromatic heterocycles. The minimum atomic E-state index is -3.50. The van der Waals surface area contributed by atoms with E-state index in [1.807, 2.05) is 19.1 Å². The predicted molar refractivity (Wildman–Crippen MR) is 106 cm³/mol. The van der Waals surface area contributed by atoms with Crippen LogP contribution in [-0.4, -0.2) is 56.3 Å². The van der Waals surface area contributed by atoms with Gasteiger partial charge >= 0.3 is 0 Å². The van der Waals surface area contributed by atoms with Crippen LogP contribution in [0, 0.1) is 5.92 Å². The molecule has 3 rings (SSSR count). The first-order chi connectivity index (χ1) is 12.8. The van der Waals surface area contributed by atoms with Crippen molar-refractivity contribution >= 4 is 15.9 Å². The van der Waals surface area contributed by atoms with Gasteiger partial charge in [0.1, 0.15) is 0 Å². The Balaban J connectivity index is 1.67. The van der Waals surface area contributed by atoms with Crippen LogP contribution in [0.5, 0.6) is 0 Å². The summed E-state index contributed by atoms with van der Waals surface area (Å²) >= 11 is 0. The monoisotopic (exact) mass is 393 g/mol. The van der Waals surface area contributed by atoms with Crippen LogP contribution in [0.4, 0.5) is 0 Å². The number of nitrogens with zero attached hydrogens (tertiary/aromatic N) is 2. The van der Waals surface area contributed by atoms with Crippen molar-refractivity contribution in [2.45, 2.75) is 56.4 Å². The predicted octanol–water partition coefficient (Wildman–Crippen LogP) is 1.77. The summed E-state index contributed by atoms with van der Waals surface area (Å²) in [7, 11) is -1.72. The summed E-state index contributed by atoms with van der Waals surface area (Å²) < 4.78 is 27.6. The van der Waals surface area contributed by atoms with E-state index in [2.05, 4.69) is 0 Å². The Morgan fingerprint density at radius 1 is 1.22 bits per heavy atom. The van der Waals surface area contributed by atoms with E-state index >= 15 is 0 Å². The van der Waals surface area contributed by atoms with Crippen LogP contribution in [0.3, 0.4) is 0 Å². The summed E-state index contributed by atoms with van der Waals surface area (Å²) in [6, 6.07) is 5.57. The normalized spacial score (nSPS) is 20.1.